The summed E-state index contributed by atoms with van der Waals surface area (Å²) in [6, 6.07) is 0.150. The Balaban J connectivity index is 1.96. The van der Waals surface area contributed by atoms with Gasteiger partial charge in [0.25, 0.3) is 0 Å². The molecule has 0 aliphatic carbocycles. The van der Waals surface area contributed by atoms with Gasteiger partial charge in [0.2, 0.25) is 0 Å². The van der Waals surface area contributed by atoms with Crippen molar-refractivity contribution in [2.45, 2.75) is 25.9 Å². The van der Waals surface area contributed by atoms with Gasteiger partial charge in [-0.1, -0.05) is 18.2 Å². The molecule has 2 aliphatic rings. The van der Waals surface area contributed by atoms with E-state index in [2.05, 4.69) is 13.5 Å². The van der Waals surface area contributed by atoms with Crippen LogP contribution in [0.1, 0.15) is 19.8 Å². The standard InChI is InChI=1S/C14H22N2O2/c1-4-12-5-7-15(9-11(12)2)14(17)16-8-6-13(10-16)18-3/h4,13H,1,5-10H2,2-3H3/t13-/m0/s1. The van der Waals surface area contributed by atoms with Crippen LogP contribution in [0.4, 0.5) is 4.79 Å². The van der Waals surface area contributed by atoms with E-state index in [1.165, 1.54) is 11.1 Å². The number of carbonyl (C=O) groups excluding carboxylic acids is 1. The van der Waals surface area contributed by atoms with Crippen molar-refractivity contribution in [3.63, 3.8) is 0 Å². The van der Waals surface area contributed by atoms with Crippen molar-refractivity contribution in [3.8, 4) is 0 Å². The molecule has 18 heavy (non-hydrogen) atoms. The zero-order chi connectivity index (χ0) is 13.1. The Hall–Kier alpha value is -1.29. The molecule has 2 heterocycles. The molecule has 4 heteroatoms. The Morgan fingerprint density at radius 1 is 1.44 bits per heavy atom. The predicted octanol–water partition coefficient (Wildman–Crippen LogP) is 2.04. The van der Waals surface area contributed by atoms with Crippen molar-refractivity contribution in [3.05, 3.63) is 23.8 Å². The number of nitrogens with zero attached hydrogens (tertiary/aromatic N) is 2. The molecule has 0 aromatic rings. The van der Waals surface area contributed by atoms with Crippen LogP contribution < -0.4 is 0 Å². The van der Waals surface area contributed by atoms with Crippen LogP contribution in [0.3, 0.4) is 0 Å². The van der Waals surface area contributed by atoms with Crippen molar-refractivity contribution in [1.82, 2.24) is 9.80 Å². The van der Waals surface area contributed by atoms with Gasteiger partial charge in [-0.15, -0.1) is 0 Å². The third kappa shape index (κ3) is 2.58. The molecule has 2 amide bonds. The number of carbonyl (C=O) groups is 1. The summed E-state index contributed by atoms with van der Waals surface area (Å²) in [4.78, 5) is 16.2. The lowest BCUT2D eigenvalue weighted by atomic mass is 10.0. The van der Waals surface area contributed by atoms with Crippen LogP contribution >= 0.6 is 0 Å². The summed E-state index contributed by atoms with van der Waals surface area (Å²) in [6.07, 6.45) is 3.98. The molecule has 1 atom stereocenters. The van der Waals surface area contributed by atoms with Crippen LogP contribution in [0.25, 0.3) is 0 Å². The van der Waals surface area contributed by atoms with Crippen LogP contribution in [0.5, 0.6) is 0 Å². The Kier molecular flexibility index (Phi) is 4.07. The molecule has 0 radical (unpaired) electrons. The van der Waals surface area contributed by atoms with Crippen molar-refractivity contribution >= 4 is 6.03 Å². The van der Waals surface area contributed by atoms with Gasteiger partial charge in [0, 0.05) is 33.3 Å². The second kappa shape index (κ2) is 5.57. The monoisotopic (exact) mass is 250 g/mol. The van der Waals surface area contributed by atoms with Gasteiger partial charge in [-0.3, -0.25) is 0 Å². The molecule has 2 rings (SSSR count). The highest BCUT2D eigenvalue weighted by molar-refractivity contribution is 5.75. The maximum Gasteiger partial charge on any atom is 0.320 e. The second-order valence-corrected chi connectivity index (χ2v) is 5.06. The van der Waals surface area contributed by atoms with Gasteiger partial charge in [-0.05, 0) is 25.3 Å². The molecule has 1 fully saturated rings. The fraction of sp³-hybridized carbons (Fsp3) is 0.643. The smallest absolute Gasteiger partial charge is 0.320 e. The summed E-state index contributed by atoms with van der Waals surface area (Å²) >= 11 is 0. The average molecular weight is 250 g/mol. The number of ether oxygens (including phenoxy) is 1. The van der Waals surface area contributed by atoms with E-state index in [1.807, 2.05) is 15.9 Å². The summed E-state index contributed by atoms with van der Waals surface area (Å²) < 4.78 is 5.30. The molecule has 4 nitrogen and oxygen atoms in total. The first-order valence-corrected chi connectivity index (χ1v) is 6.53. The number of urea groups is 1. The first-order valence-electron chi connectivity index (χ1n) is 6.53. The molecule has 0 unspecified atom stereocenters. The number of rotatable bonds is 2. The van der Waals surface area contributed by atoms with Crippen LogP contribution in [-0.4, -0.2) is 55.2 Å². The molecule has 1 saturated heterocycles. The molecule has 0 spiro atoms. The summed E-state index contributed by atoms with van der Waals surface area (Å²) in [5, 5.41) is 0. The highest BCUT2D eigenvalue weighted by atomic mass is 16.5. The van der Waals surface area contributed by atoms with Crippen LogP contribution in [0.15, 0.2) is 23.8 Å². The SMILES string of the molecule is C=CC1=C(C)CN(C(=O)N2CC[C@H](OC)C2)CC1. The fourth-order valence-corrected chi connectivity index (χ4v) is 2.67. The van der Waals surface area contributed by atoms with Crippen LogP contribution in [0, 0.1) is 0 Å². The van der Waals surface area contributed by atoms with Gasteiger partial charge < -0.3 is 14.5 Å². The minimum absolute atomic E-state index is 0.150. The average Bonchev–Trinajstić information content (AvgIpc) is 2.86. The molecule has 2 aliphatic heterocycles. The summed E-state index contributed by atoms with van der Waals surface area (Å²) in [6.45, 7) is 8.96. The predicted molar refractivity (Wildman–Crippen MR) is 71.5 cm³/mol. The van der Waals surface area contributed by atoms with Crippen molar-refractivity contribution in [2.75, 3.05) is 33.3 Å². The van der Waals surface area contributed by atoms with E-state index in [-0.39, 0.29) is 12.1 Å². The van der Waals surface area contributed by atoms with Gasteiger partial charge in [0.1, 0.15) is 0 Å². The first-order chi connectivity index (χ1) is 8.65. The highest BCUT2D eigenvalue weighted by Gasteiger charge is 2.30. The molecular formula is C14H22N2O2. The van der Waals surface area contributed by atoms with E-state index in [4.69, 9.17) is 4.74 Å². The number of amides is 2. The summed E-state index contributed by atoms with van der Waals surface area (Å²) in [7, 11) is 1.71. The quantitative estimate of drug-likeness (QED) is 0.751. The lowest BCUT2D eigenvalue weighted by Gasteiger charge is -2.32. The van der Waals surface area contributed by atoms with Gasteiger partial charge in [0.15, 0.2) is 0 Å². The third-order valence-electron chi connectivity index (χ3n) is 3.89. The number of allylic oxidation sites excluding steroid dienone is 1. The van der Waals surface area contributed by atoms with Gasteiger partial charge in [0.05, 0.1) is 6.10 Å². The van der Waals surface area contributed by atoms with Gasteiger partial charge in [-0.2, -0.15) is 0 Å². The van der Waals surface area contributed by atoms with E-state index in [0.29, 0.717) is 0 Å². The minimum Gasteiger partial charge on any atom is -0.380 e. The Bertz CT molecular complexity index is 376. The first kappa shape index (κ1) is 13.1. The lowest BCUT2D eigenvalue weighted by molar-refractivity contribution is 0.105. The Morgan fingerprint density at radius 3 is 2.78 bits per heavy atom. The Morgan fingerprint density at radius 2 is 2.22 bits per heavy atom. The molecule has 0 aromatic carbocycles. The molecule has 100 valence electrons. The van der Waals surface area contributed by atoms with E-state index in [0.717, 1.165) is 39.0 Å². The molecular weight excluding hydrogens is 228 g/mol. The normalized spacial score (nSPS) is 24.7. The largest absolute Gasteiger partial charge is 0.380 e. The molecule has 0 N–H and O–H groups in total. The number of hydrogen-bond donors (Lipinski definition) is 0. The van der Waals surface area contributed by atoms with E-state index in [9.17, 15) is 4.79 Å². The maximum absolute atomic E-state index is 12.4. The van der Waals surface area contributed by atoms with E-state index < -0.39 is 0 Å². The zero-order valence-electron chi connectivity index (χ0n) is 11.3. The van der Waals surface area contributed by atoms with E-state index in [1.54, 1.807) is 7.11 Å². The minimum atomic E-state index is 0.150. The summed E-state index contributed by atoms with van der Waals surface area (Å²) in [5.41, 5.74) is 2.54. The number of likely N-dealkylation sites (tertiary alicyclic amines) is 1. The van der Waals surface area contributed by atoms with Gasteiger partial charge in [-0.25, -0.2) is 4.79 Å². The summed E-state index contributed by atoms with van der Waals surface area (Å²) in [5.74, 6) is 0. The molecule has 0 aromatic heterocycles. The van der Waals surface area contributed by atoms with Crippen LogP contribution in [0.2, 0.25) is 0 Å². The maximum atomic E-state index is 12.4. The number of methoxy groups -OCH3 is 1. The van der Waals surface area contributed by atoms with E-state index >= 15 is 0 Å². The Labute approximate surface area is 109 Å². The van der Waals surface area contributed by atoms with Crippen LogP contribution in [-0.2, 0) is 4.74 Å². The highest BCUT2D eigenvalue weighted by Crippen LogP contribution is 2.21. The molecule has 0 saturated carbocycles. The zero-order valence-corrected chi connectivity index (χ0v) is 11.3. The fourth-order valence-electron chi connectivity index (χ4n) is 2.67. The second-order valence-electron chi connectivity index (χ2n) is 5.06. The van der Waals surface area contributed by atoms with Crippen molar-refractivity contribution in [2.24, 2.45) is 0 Å². The third-order valence-corrected chi connectivity index (χ3v) is 3.89. The van der Waals surface area contributed by atoms with Crippen molar-refractivity contribution < 1.29 is 9.53 Å². The number of hydrogen-bond acceptors (Lipinski definition) is 2. The molecule has 0 bridgehead atoms. The van der Waals surface area contributed by atoms with Crippen molar-refractivity contribution in [1.29, 1.82) is 0 Å². The topological polar surface area (TPSA) is 32.8 Å². The van der Waals surface area contributed by atoms with Gasteiger partial charge >= 0.3 is 6.03 Å². The lowest BCUT2D eigenvalue weighted by Crippen LogP contribution is -2.45.